The Hall–Kier alpha value is -1.51. The van der Waals surface area contributed by atoms with Crippen molar-refractivity contribution in [1.82, 2.24) is 0 Å². The summed E-state index contributed by atoms with van der Waals surface area (Å²) < 4.78 is 30.9. The number of carbonyl (C=O) groups is 1. The number of hydrogen-bond donors (Lipinski definition) is 0. The molecule has 1 aromatic carbocycles. The number of hydrogen-bond acceptors (Lipinski definition) is 6. The summed E-state index contributed by atoms with van der Waals surface area (Å²) >= 11 is 0. The first-order valence-electron chi connectivity index (χ1n) is 10.8. The fourth-order valence-corrected chi connectivity index (χ4v) is 4.50. The van der Waals surface area contributed by atoms with Crippen molar-refractivity contribution >= 4 is 14.3 Å². The predicted octanol–water partition coefficient (Wildman–Crippen LogP) is 4.84. The molecular weight excluding hydrogens is 412 g/mol. The third-order valence-electron chi connectivity index (χ3n) is 5.93. The highest BCUT2D eigenvalue weighted by atomic mass is 28.4. The van der Waals surface area contributed by atoms with Gasteiger partial charge in [0.05, 0.1) is 19.3 Å². The standard InChI is InChI=1S/C24H38O6Si/c1-9-15-26-23-22(30-31(7,8)24(4,5)6)21(20(17(2)28-23)29-18(3)25)27-16-19-13-11-10-12-14-19/h9-14,17,20-23H,1,15-16H2,2-8H3/t17?,20-,21?,22?,23-/m0/s1. The Bertz CT molecular complexity index is 715. The van der Waals surface area contributed by atoms with Gasteiger partial charge < -0.3 is 23.4 Å². The molecule has 1 heterocycles. The van der Waals surface area contributed by atoms with Gasteiger partial charge in [-0.1, -0.05) is 57.2 Å². The second-order valence-electron chi connectivity index (χ2n) is 9.51. The average Bonchev–Trinajstić information content (AvgIpc) is 2.68. The topological polar surface area (TPSA) is 63.2 Å². The third-order valence-corrected chi connectivity index (χ3v) is 10.4. The Kier molecular flexibility index (Phi) is 9.03. The maximum Gasteiger partial charge on any atom is 0.303 e. The van der Waals surface area contributed by atoms with Crippen LogP contribution in [-0.2, 0) is 34.8 Å². The average molecular weight is 451 g/mol. The lowest BCUT2D eigenvalue weighted by molar-refractivity contribution is -0.298. The summed E-state index contributed by atoms with van der Waals surface area (Å²) in [5, 5.41) is -0.0278. The van der Waals surface area contributed by atoms with Gasteiger partial charge in [0.1, 0.15) is 12.2 Å². The zero-order valence-electron chi connectivity index (χ0n) is 19.9. The largest absolute Gasteiger partial charge is 0.457 e. The second-order valence-corrected chi connectivity index (χ2v) is 14.3. The molecule has 0 radical (unpaired) electrons. The molecule has 1 saturated heterocycles. The van der Waals surface area contributed by atoms with Crippen LogP contribution in [0.5, 0.6) is 0 Å². The van der Waals surface area contributed by atoms with Crippen molar-refractivity contribution in [3.05, 3.63) is 48.6 Å². The lowest BCUT2D eigenvalue weighted by atomic mass is 9.99. The Morgan fingerprint density at radius 1 is 1.13 bits per heavy atom. The van der Waals surface area contributed by atoms with Gasteiger partial charge in [0.2, 0.25) is 0 Å². The van der Waals surface area contributed by atoms with Crippen LogP contribution in [0, 0.1) is 0 Å². The van der Waals surface area contributed by atoms with Crippen LogP contribution in [-0.4, -0.2) is 51.6 Å². The quantitative estimate of drug-likeness (QED) is 0.305. The molecule has 0 spiro atoms. The summed E-state index contributed by atoms with van der Waals surface area (Å²) in [6.45, 7) is 18.5. The van der Waals surface area contributed by atoms with Crippen molar-refractivity contribution in [3.8, 4) is 0 Å². The maximum atomic E-state index is 11.9. The molecule has 31 heavy (non-hydrogen) atoms. The van der Waals surface area contributed by atoms with E-state index >= 15 is 0 Å². The Labute approximate surface area is 188 Å². The first-order valence-corrected chi connectivity index (χ1v) is 13.8. The maximum absolute atomic E-state index is 11.9. The number of ether oxygens (including phenoxy) is 4. The highest BCUT2D eigenvalue weighted by Gasteiger charge is 2.52. The van der Waals surface area contributed by atoms with Gasteiger partial charge in [0.15, 0.2) is 20.7 Å². The van der Waals surface area contributed by atoms with Crippen LogP contribution >= 0.6 is 0 Å². The minimum atomic E-state index is -2.22. The van der Waals surface area contributed by atoms with Crippen LogP contribution in [0.3, 0.4) is 0 Å². The van der Waals surface area contributed by atoms with Crippen LogP contribution in [0.2, 0.25) is 18.1 Å². The minimum Gasteiger partial charge on any atom is -0.457 e. The summed E-state index contributed by atoms with van der Waals surface area (Å²) in [5.41, 5.74) is 1.03. The number of esters is 1. The summed E-state index contributed by atoms with van der Waals surface area (Å²) in [7, 11) is -2.22. The van der Waals surface area contributed by atoms with Crippen molar-refractivity contribution in [3.63, 3.8) is 0 Å². The van der Waals surface area contributed by atoms with E-state index in [0.29, 0.717) is 13.2 Å². The van der Waals surface area contributed by atoms with Crippen LogP contribution in [0.4, 0.5) is 0 Å². The molecule has 2 rings (SSSR count). The summed E-state index contributed by atoms with van der Waals surface area (Å²) in [6, 6.07) is 9.89. The van der Waals surface area contributed by atoms with Gasteiger partial charge in [0.25, 0.3) is 0 Å². The second kappa shape index (κ2) is 10.9. The van der Waals surface area contributed by atoms with E-state index in [1.54, 1.807) is 6.08 Å². The van der Waals surface area contributed by atoms with E-state index in [9.17, 15) is 4.79 Å². The van der Waals surface area contributed by atoms with Gasteiger partial charge in [0, 0.05) is 6.92 Å². The normalized spacial score (nSPS) is 27.0. The van der Waals surface area contributed by atoms with E-state index in [-0.39, 0.29) is 11.0 Å². The molecule has 0 N–H and O–H groups in total. The van der Waals surface area contributed by atoms with Crippen molar-refractivity contribution in [1.29, 1.82) is 0 Å². The summed E-state index contributed by atoms with van der Waals surface area (Å²) in [5.74, 6) is -0.384. The van der Waals surface area contributed by atoms with Crippen LogP contribution in [0.15, 0.2) is 43.0 Å². The monoisotopic (exact) mass is 450 g/mol. The molecule has 0 bridgehead atoms. The van der Waals surface area contributed by atoms with Gasteiger partial charge in [-0.25, -0.2) is 0 Å². The molecule has 1 fully saturated rings. The van der Waals surface area contributed by atoms with Crippen LogP contribution in [0.1, 0.15) is 40.2 Å². The molecule has 0 amide bonds. The Morgan fingerprint density at radius 2 is 1.77 bits per heavy atom. The SMILES string of the molecule is C=CCO[C@H]1OC(C)[C@H](OC(C)=O)C(OCc2ccccc2)C1O[Si](C)(C)C(C)(C)C. The van der Waals surface area contributed by atoms with Gasteiger partial charge in [-0.15, -0.1) is 6.58 Å². The smallest absolute Gasteiger partial charge is 0.303 e. The van der Waals surface area contributed by atoms with E-state index in [1.807, 2.05) is 37.3 Å². The van der Waals surface area contributed by atoms with E-state index in [2.05, 4.69) is 40.4 Å². The Morgan fingerprint density at radius 3 is 2.32 bits per heavy atom. The molecule has 174 valence electrons. The highest BCUT2D eigenvalue weighted by molar-refractivity contribution is 6.74. The molecule has 7 heteroatoms. The first-order chi connectivity index (χ1) is 14.5. The molecule has 5 atom stereocenters. The lowest BCUT2D eigenvalue weighted by Crippen LogP contribution is -2.63. The van der Waals surface area contributed by atoms with Crippen molar-refractivity contribution in [2.45, 2.75) is 90.1 Å². The highest BCUT2D eigenvalue weighted by Crippen LogP contribution is 2.40. The summed E-state index contributed by atoms with van der Waals surface area (Å²) in [4.78, 5) is 11.9. The van der Waals surface area contributed by atoms with Gasteiger partial charge >= 0.3 is 5.97 Å². The van der Waals surface area contributed by atoms with Crippen molar-refractivity contribution < 1.29 is 28.2 Å². The zero-order valence-corrected chi connectivity index (χ0v) is 20.9. The van der Waals surface area contributed by atoms with Crippen LogP contribution in [0.25, 0.3) is 0 Å². The number of carbonyl (C=O) groups excluding carboxylic acids is 1. The van der Waals surface area contributed by atoms with Crippen molar-refractivity contribution in [2.24, 2.45) is 0 Å². The van der Waals surface area contributed by atoms with Crippen molar-refractivity contribution in [2.75, 3.05) is 6.61 Å². The van der Waals surface area contributed by atoms with E-state index in [1.165, 1.54) is 6.92 Å². The lowest BCUT2D eigenvalue weighted by Gasteiger charge is -2.48. The fourth-order valence-electron chi connectivity index (χ4n) is 3.22. The van der Waals surface area contributed by atoms with Gasteiger partial charge in [-0.2, -0.15) is 0 Å². The molecule has 3 unspecified atom stereocenters. The predicted molar refractivity (Wildman–Crippen MR) is 123 cm³/mol. The molecule has 6 nitrogen and oxygen atoms in total. The molecule has 1 aliphatic rings. The summed E-state index contributed by atoms with van der Waals surface area (Å²) in [6.07, 6.45) is -1.11. The first kappa shape index (κ1) is 25.7. The van der Waals surface area contributed by atoms with Gasteiger partial charge in [-0.3, -0.25) is 4.79 Å². The molecule has 0 saturated carbocycles. The van der Waals surface area contributed by atoms with Crippen LogP contribution < -0.4 is 0 Å². The molecular formula is C24H38O6Si. The number of rotatable bonds is 9. The van der Waals surface area contributed by atoms with E-state index in [4.69, 9.17) is 23.4 Å². The zero-order chi connectivity index (χ0) is 23.2. The Balaban J connectivity index is 2.38. The van der Waals surface area contributed by atoms with Gasteiger partial charge in [-0.05, 0) is 30.6 Å². The molecule has 0 aromatic heterocycles. The molecule has 1 aromatic rings. The molecule has 1 aliphatic heterocycles. The minimum absolute atomic E-state index is 0.0278. The van der Waals surface area contributed by atoms with E-state index < -0.39 is 39.0 Å². The molecule has 0 aliphatic carbocycles. The fraction of sp³-hybridized carbons (Fsp3) is 0.625. The number of benzene rings is 1. The third kappa shape index (κ3) is 6.99. The van der Waals surface area contributed by atoms with E-state index in [0.717, 1.165) is 5.56 Å².